The zero-order valence-electron chi connectivity index (χ0n) is 18.5. The number of hydrogen-bond acceptors (Lipinski definition) is 3. The maximum Gasteiger partial charge on any atom is 0.298 e. The van der Waals surface area contributed by atoms with Crippen LogP contribution in [0, 0.1) is 0 Å². The van der Waals surface area contributed by atoms with E-state index < -0.39 is 20.8 Å². The first kappa shape index (κ1) is 22.8. The van der Waals surface area contributed by atoms with Crippen molar-refractivity contribution in [1.29, 1.82) is 0 Å². The number of phenols is 1. The van der Waals surface area contributed by atoms with E-state index in [-0.39, 0.29) is 17.4 Å². The number of aromatic hydroxyl groups is 1. The van der Waals surface area contributed by atoms with E-state index >= 15 is 0 Å². The lowest BCUT2D eigenvalue weighted by atomic mass is 9.88. The maximum absolute atomic E-state index is 12.2. The topological polar surface area (TPSA) is 74.6 Å². The predicted octanol–water partition coefficient (Wildman–Crippen LogP) is 6.61. The molecule has 2 atom stereocenters. The number of benzene rings is 4. The summed E-state index contributed by atoms with van der Waals surface area (Å²) in [7, 11) is -4.65. The molecule has 0 radical (unpaired) electrons. The summed E-state index contributed by atoms with van der Waals surface area (Å²) < 4.78 is 34.3. The normalized spacial score (nSPS) is 13.4. The van der Waals surface area contributed by atoms with Crippen LogP contribution >= 0.6 is 0 Å². The van der Waals surface area contributed by atoms with E-state index in [0.29, 0.717) is 11.1 Å². The molecule has 0 saturated heterocycles. The van der Waals surface area contributed by atoms with Crippen molar-refractivity contribution in [1.82, 2.24) is 0 Å². The average Bonchev–Trinajstić information content (AvgIpc) is 2.83. The molecule has 0 aromatic heterocycles. The van der Waals surface area contributed by atoms with E-state index in [9.17, 15) is 18.1 Å². The standard InChI is InChI=1S/C28H26O4S/c1-19(21-9-5-3-6-10-21)22-13-15-23(16-14-22)20(2)25-17-18-26(24-11-7-4-8-12-24)28(27(25)29)33(30,31)32/h3-20,29H,1-2H3,(H,30,31,32). The summed E-state index contributed by atoms with van der Waals surface area (Å²) >= 11 is 0. The highest BCUT2D eigenvalue weighted by atomic mass is 32.2. The molecule has 0 spiro atoms. The highest BCUT2D eigenvalue weighted by Crippen LogP contribution is 2.41. The minimum Gasteiger partial charge on any atom is -0.506 e. The molecule has 33 heavy (non-hydrogen) atoms. The van der Waals surface area contributed by atoms with Crippen molar-refractivity contribution in [2.75, 3.05) is 0 Å². The van der Waals surface area contributed by atoms with Crippen LogP contribution in [0.3, 0.4) is 0 Å². The zero-order valence-corrected chi connectivity index (χ0v) is 19.3. The second-order valence-electron chi connectivity index (χ2n) is 8.24. The maximum atomic E-state index is 12.2. The quantitative estimate of drug-likeness (QED) is 0.319. The Bertz CT molecular complexity index is 1350. The van der Waals surface area contributed by atoms with Gasteiger partial charge in [0.2, 0.25) is 0 Å². The fourth-order valence-corrected chi connectivity index (χ4v) is 5.06. The van der Waals surface area contributed by atoms with Crippen LogP contribution in [-0.2, 0) is 10.1 Å². The lowest BCUT2D eigenvalue weighted by Crippen LogP contribution is -2.06. The second kappa shape index (κ2) is 9.22. The van der Waals surface area contributed by atoms with Gasteiger partial charge in [0.1, 0.15) is 10.6 Å². The smallest absolute Gasteiger partial charge is 0.298 e. The SMILES string of the molecule is CC(c1ccccc1)c1ccc(C(C)c2ccc(-c3ccccc3)c(S(=O)(=O)O)c2O)cc1. The van der Waals surface area contributed by atoms with Gasteiger partial charge in [0.25, 0.3) is 10.1 Å². The predicted molar refractivity (Wildman–Crippen MR) is 131 cm³/mol. The summed E-state index contributed by atoms with van der Waals surface area (Å²) in [5.41, 5.74) is 4.62. The molecule has 168 valence electrons. The third-order valence-corrected chi connectivity index (χ3v) is 7.14. The molecule has 2 N–H and O–H groups in total. The van der Waals surface area contributed by atoms with Crippen molar-refractivity contribution in [3.63, 3.8) is 0 Å². The molecule has 4 aromatic carbocycles. The fourth-order valence-electron chi connectivity index (χ4n) is 4.23. The summed E-state index contributed by atoms with van der Waals surface area (Å²) in [6, 6.07) is 30.5. The molecule has 0 amide bonds. The van der Waals surface area contributed by atoms with Crippen LogP contribution in [0.2, 0.25) is 0 Å². The molecule has 0 bridgehead atoms. The molecule has 4 nitrogen and oxygen atoms in total. The van der Waals surface area contributed by atoms with Gasteiger partial charge in [0.05, 0.1) is 0 Å². The van der Waals surface area contributed by atoms with Gasteiger partial charge in [0.15, 0.2) is 0 Å². The van der Waals surface area contributed by atoms with E-state index in [1.807, 2.05) is 43.3 Å². The van der Waals surface area contributed by atoms with E-state index in [4.69, 9.17) is 0 Å². The Balaban J connectivity index is 1.71. The summed E-state index contributed by atoms with van der Waals surface area (Å²) in [6.45, 7) is 4.06. The third-order valence-electron chi connectivity index (χ3n) is 6.21. The average molecular weight is 459 g/mol. The molecule has 4 aromatic rings. The van der Waals surface area contributed by atoms with E-state index in [2.05, 4.69) is 31.2 Å². The summed E-state index contributed by atoms with van der Waals surface area (Å²) in [5.74, 6) is -0.468. The Morgan fingerprint density at radius 3 is 1.67 bits per heavy atom. The molecule has 0 aliphatic carbocycles. The molecule has 0 aliphatic heterocycles. The first-order chi connectivity index (χ1) is 15.8. The van der Waals surface area contributed by atoms with Gasteiger partial charge in [-0.25, -0.2) is 0 Å². The Morgan fingerprint density at radius 2 is 1.12 bits per heavy atom. The molecular weight excluding hydrogens is 432 g/mol. The van der Waals surface area contributed by atoms with Crippen LogP contribution in [0.25, 0.3) is 11.1 Å². The number of phenolic OH excluding ortho intramolecular Hbond substituents is 1. The van der Waals surface area contributed by atoms with Crippen LogP contribution in [0.4, 0.5) is 0 Å². The van der Waals surface area contributed by atoms with Crippen molar-refractivity contribution in [3.05, 3.63) is 119 Å². The number of rotatable bonds is 6. The van der Waals surface area contributed by atoms with Crippen LogP contribution in [0.1, 0.15) is 47.9 Å². The Labute approximate surface area is 194 Å². The molecule has 0 aliphatic rings. The largest absolute Gasteiger partial charge is 0.506 e. The molecule has 5 heteroatoms. The minimum absolute atomic E-state index is 0.236. The molecular formula is C28H26O4S. The summed E-state index contributed by atoms with van der Waals surface area (Å²) in [5, 5.41) is 11.0. The van der Waals surface area contributed by atoms with Gasteiger partial charge in [-0.3, -0.25) is 4.55 Å². The van der Waals surface area contributed by atoms with Gasteiger partial charge in [-0.2, -0.15) is 8.42 Å². The van der Waals surface area contributed by atoms with Crippen LogP contribution in [-0.4, -0.2) is 18.1 Å². The molecule has 2 unspecified atom stereocenters. The highest BCUT2D eigenvalue weighted by molar-refractivity contribution is 7.86. The van der Waals surface area contributed by atoms with Crippen molar-refractivity contribution in [2.24, 2.45) is 0 Å². The van der Waals surface area contributed by atoms with Crippen molar-refractivity contribution < 1.29 is 18.1 Å². The third kappa shape index (κ3) is 4.70. The van der Waals surface area contributed by atoms with Gasteiger partial charge in [-0.15, -0.1) is 0 Å². The van der Waals surface area contributed by atoms with Gasteiger partial charge < -0.3 is 5.11 Å². The summed E-state index contributed by atoms with van der Waals surface area (Å²) in [6.07, 6.45) is 0. The number of hydrogen-bond donors (Lipinski definition) is 2. The monoisotopic (exact) mass is 458 g/mol. The lowest BCUT2D eigenvalue weighted by molar-refractivity contribution is 0.437. The minimum atomic E-state index is -4.65. The lowest BCUT2D eigenvalue weighted by Gasteiger charge is -2.19. The first-order valence-corrected chi connectivity index (χ1v) is 12.2. The van der Waals surface area contributed by atoms with Crippen molar-refractivity contribution >= 4 is 10.1 Å². The second-order valence-corrected chi connectivity index (χ2v) is 9.60. The zero-order chi connectivity index (χ0) is 23.6. The Hall–Kier alpha value is -3.41. The van der Waals surface area contributed by atoms with Gasteiger partial charge >= 0.3 is 0 Å². The molecule has 4 rings (SSSR count). The van der Waals surface area contributed by atoms with Crippen LogP contribution in [0.5, 0.6) is 5.75 Å². The highest BCUT2D eigenvalue weighted by Gasteiger charge is 2.26. The van der Waals surface area contributed by atoms with Gasteiger partial charge in [-0.1, -0.05) is 111 Å². The fraction of sp³-hybridized carbons (Fsp3) is 0.143. The Kier molecular flexibility index (Phi) is 6.36. The van der Waals surface area contributed by atoms with Gasteiger partial charge in [-0.05, 0) is 22.3 Å². The van der Waals surface area contributed by atoms with E-state index in [1.54, 1.807) is 36.4 Å². The molecule has 0 heterocycles. The first-order valence-electron chi connectivity index (χ1n) is 10.8. The molecule has 0 fully saturated rings. The van der Waals surface area contributed by atoms with E-state index in [1.165, 1.54) is 11.1 Å². The van der Waals surface area contributed by atoms with E-state index in [0.717, 1.165) is 5.56 Å². The van der Waals surface area contributed by atoms with Crippen LogP contribution in [0.15, 0.2) is 102 Å². The Morgan fingerprint density at radius 1 is 0.636 bits per heavy atom. The molecule has 0 saturated carbocycles. The van der Waals surface area contributed by atoms with Gasteiger partial charge in [0, 0.05) is 23.0 Å². The summed E-state index contributed by atoms with van der Waals surface area (Å²) in [4.78, 5) is -0.465. The van der Waals surface area contributed by atoms with Crippen molar-refractivity contribution in [3.8, 4) is 16.9 Å². The van der Waals surface area contributed by atoms with Crippen molar-refractivity contribution in [2.45, 2.75) is 30.6 Å². The van der Waals surface area contributed by atoms with Crippen LogP contribution < -0.4 is 0 Å².